The predicted octanol–water partition coefficient (Wildman–Crippen LogP) is 3.01. The number of carboxylic acid groups (broad SMARTS) is 1. The van der Waals surface area contributed by atoms with Gasteiger partial charge in [0.1, 0.15) is 0 Å². The third-order valence-electron chi connectivity index (χ3n) is 1.81. The Morgan fingerprint density at radius 1 is 1.67 bits per heavy atom. The zero-order chi connectivity index (χ0) is 11.0. The van der Waals surface area contributed by atoms with Crippen molar-refractivity contribution in [2.24, 2.45) is 0 Å². The number of aromatic carboxylic acids is 1. The van der Waals surface area contributed by atoms with Crippen LogP contribution in [0.5, 0.6) is 0 Å². The van der Waals surface area contributed by atoms with E-state index in [0.717, 1.165) is 8.45 Å². The Balaban J connectivity index is 2.46. The molecule has 2 aromatic rings. The number of carbonyl (C=O) groups is 1. The molecule has 0 fully saturated rings. The standard InChI is InChI=1S/C9H6INO3S/c1-4-7(9(12)13)14-8(11-4)5-2-6(10)15-3-5/h2-3H,1H3,(H,12,13). The summed E-state index contributed by atoms with van der Waals surface area (Å²) in [5.41, 5.74) is 1.22. The smallest absolute Gasteiger partial charge is 0.373 e. The van der Waals surface area contributed by atoms with E-state index in [9.17, 15) is 4.79 Å². The molecule has 0 radical (unpaired) electrons. The van der Waals surface area contributed by atoms with E-state index in [1.807, 2.05) is 11.4 Å². The fourth-order valence-corrected chi connectivity index (χ4v) is 2.46. The van der Waals surface area contributed by atoms with Gasteiger partial charge in [-0.3, -0.25) is 0 Å². The van der Waals surface area contributed by atoms with Gasteiger partial charge in [-0.2, -0.15) is 0 Å². The summed E-state index contributed by atoms with van der Waals surface area (Å²) < 4.78 is 6.27. The molecule has 0 aliphatic heterocycles. The molecule has 0 atom stereocenters. The quantitative estimate of drug-likeness (QED) is 0.857. The van der Waals surface area contributed by atoms with Gasteiger partial charge in [0.2, 0.25) is 11.7 Å². The maximum absolute atomic E-state index is 10.7. The van der Waals surface area contributed by atoms with Crippen LogP contribution in [0.3, 0.4) is 0 Å². The topological polar surface area (TPSA) is 63.3 Å². The van der Waals surface area contributed by atoms with Crippen LogP contribution < -0.4 is 0 Å². The molecule has 2 rings (SSSR count). The molecule has 0 saturated heterocycles. The Hall–Kier alpha value is -0.890. The molecule has 0 unspecified atom stereocenters. The molecule has 0 aromatic carbocycles. The highest BCUT2D eigenvalue weighted by atomic mass is 127. The van der Waals surface area contributed by atoms with Crippen LogP contribution in [0.2, 0.25) is 0 Å². The van der Waals surface area contributed by atoms with Gasteiger partial charge in [-0.15, -0.1) is 11.3 Å². The van der Waals surface area contributed by atoms with Crippen molar-refractivity contribution < 1.29 is 14.3 Å². The summed E-state index contributed by atoms with van der Waals surface area (Å²) >= 11 is 3.75. The lowest BCUT2D eigenvalue weighted by Crippen LogP contribution is -1.95. The van der Waals surface area contributed by atoms with E-state index in [1.165, 1.54) is 0 Å². The molecule has 2 aromatic heterocycles. The van der Waals surface area contributed by atoms with Crippen molar-refractivity contribution >= 4 is 39.9 Å². The zero-order valence-electron chi connectivity index (χ0n) is 7.65. The van der Waals surface area contributed by atoms with Gasteiger partial charge in [0.25, 0.3) is 0 Å². The Bertz CT molecular complexity index is 517. The first kappa shape index (κ1) is 10.6. The maximum atomic E-state index is 10.7. The van der Waals surface area contributed by atoms with E-state index in [4.69, 9.17) is 9.52 Å². The SMILES string of the molecule is Cc1nc(-c2csc(I)c2)oc1C(=O)O. The number of carboxylic acids is 1. The minimum atomic E-state index is -1.09. The number of aryl methyl sites for hydroxylation is 1. The average molecular weight is 335 g/mol. The van der Waals surface area contributed by atoms with Crippen molar-refractivity contribution in [2.45, 2.75) is 6.92 Å². The van der Waals surface area contributed by atoms with Gasteiger partial charge in [0.15, 0.2) is 0 Å². The number of nitrogens with zero attached hydrogens (tertiary/aromatic N) is 1. The molecular formula is C9H6INO3S. The van der Waals surface area contributed by atoms with Crippen LogP contribution in [0.25, 0.3) is 11.5 Å². The lowest BCUT2D eigenvalue weighted by atomic mass is 10.3. The molecule has 15 heavy (non-hydrogen) atoms. The van der Waals surface area contributed by atoms with Crippen molar-refractivity contribution in [3.8, 4) is 11.5 Å². The average Bonchev–Trinajstić information content (AvgIpc) is 2.71. The lowest BCUT2D eigenvalue weighted by molar-refractivity contribution is 0.0662. The highest BCUT2D eigenvalue weighted by molar-refractivity contribution is 14.1. The number of rotatable bonds is 2. The van der Waals surface area contributed by atoms with E-state index in [1.54, 1.807) is 18.3 Å². The van der Waals surface area contributed by atoms with Crippen LogP contribution in [0.1, 0.15) is 16.2 Å². The second-order valence-electron chi connectivity index (χ2n) is 2.88. The van der Waals surface area contributed by atoms with Crippen LogP contribution in [-0.4, -0.2) is 16.1 Å². The van der Waals surface area contributed by atoms with Crippen LogP contribution in [0.15, 0.2) is 15.9 Å². The van der Waals surface area contributed by atoms with Gasteiger partial charge in [-0.05, 0) is 35.6 Å². The molecule has 4 nitrogen and oxygen atoms in total. The minimum absolute atomic E-state index is 0.0915. The zero-order valence-corrected chi connectivity index (χ0v) is 10.6. The second-order valence-corrected chi connectivity index (χ2v) is 5.68. The van der Waals surface area contributed by atoms with Crippen LogP contribution in [0, 0.1) is 9.81 Å². The van der Waals surface area contributed by atoms with E-state index in [-0.39, 0.29) is 5.76 Å². The van der Waals surface area contributed by atoms with Crippen molar-refractivity contribution in [1.29, 1.82) is 0 Å². The fraction of sp³-hybridized carbons (Fsp3) is 0.111. The second kappa shape index (κ2) is 3.93. The Morgan fingerprint density at radius 2 is 2.40 bits per heavy atom. The molecule has 6 heteroatoms. The van der Waals surface area contributed by atoms with Crippen molar-refractivity contribution in [3.63, 3.8) is 0 Å². The van der Waals surface area contributed by atoms with Crippen LogP contribution >= 0.6 is 33.9 Å². The summed E-state index contributed by atoms with van der Waals surface area (Å²) in [6.45, 7) is 1.62. The summed E-state index contributed by atoms with van der Waals surface area (Å²) in [7, 11) is 0. The summed E-state index contributed by atoms with van der Waals surface area (Å²) in [4.78, 5) is 14.8. The summed E-state index contributed by atoms with van der Waals surface area (Å²) in [5, 5.41) is 10.7. The van der Waals surface area contributed by atoms with Gasteiger partial charge in [0.05, 0.1) is 8.58 Å². The van der Waals surface area contributed by atoms with E-state index in [0.29, 0.717) is 11.6 Å². The van der Waals surface area contributed by atoms with E-state index < -0.39 is 5.97 Å². The van der Waals surface area contributed by atoms with E-state index in [2.05, 4.69) is 27.6 Å². The summed E-state index contributed by atoms with van der Waals surface area (Å²) in [5.74, 6) is -0.813. The van der Waals surface area contributed by atoms with Gasteiger partial charge in [0, 0.05) is 10.9 Å². The fourth-order valence-electron chi connectivity index (χ4n) is 1.14. The molecule has 0 aliphatic carbocycles. The molecule has 2 heterocycles. The number of thiophene rings is 1. The van der Waals surface area contributed by atoms with Gasteiger partial charge in [-0.25, -0.2) is 9.78 Å². The molecule has 0 amide bonds. The predicted molar refractivity (Wildman–Crippen MR) is 64.2 cm³/mol. The Morgan fingerprint density at radius 3 is 2.87 bits per heavy atom. The number of hydrogen-bond acceptors (Lipinski definition) is 4. The number of oxazole rings is 1. The minimum Gasteiger partial charge on any atom is -0.475 e. The molecular weight excluding hydrogens is 329 g/mol. The van der Waals surface area contributed by atoms with Gasteiger partial charge in [-0.1, -0.05) is 0 Å². The monoisotopic (exact) mass is 335 g/mol. The molecule has 0 bridgehead atoms. The Kier molecular flexibility index (Phi) is 2.79. The van der Waals surface area contributed by atoms with Crippen molar-refractivity contribution in [3.05, 3.63) is 25.8 Å². The molecule has 0 spiro atoms. The first-order valence-corrected chi connectivity index (χ1v) is 5.99. The number of hydrogen-bond donors (Lipinski definition) is 1. The normalized spacial score (nSPS) is 10.5. The van der Waals surface area contributed by atoms with Gasteiger partial charge < -0.3 is 9.52 Å². The van der Waals surface area contributed by atoms with Crippen molar-refractivity contribution in [2.75, 3.05) is 0 Å². The third-order valence-corrected chi connectivity index (χ3v) is 3.59. The van der Waals surface area contributed by atoms with Crippen LogP contribution in [-0.2, 0) is 0 Å². The first-order valence-electron chi connectivity index (χ1n) is 4.03. The molecule has 1 N–H and O–H groups in total. The largest absolute Gasteiger partial charge is 0.475 e. The molecule has 78 valence electrons. The van der Waals surface area contributed by atoms with Crippen LogP contribution in [0.4, 0.5) is 0 Å². The number of aromatic nitrogens is 1. The lowest BCUT2D eigenvalue weighted by Gasteiger charge is -1.87. The highest BCUT2D eigenvalue weighted by Gasteiger charge is 2.17. The highest BCUT2D eigenvalue weighted by Crippen LogP contribution is 2.27. The Labute approximate surface area is 103 Å². The molecule has 0 saturated carbocycles. The summed E-state index contributed by atoms with van der Waals surface area (Å²) in [6.07, 6.45) is 0. The van der Waals surface area contributed by atoms with Crippen molar-refractivity contribution in [1.82, 2.24) is 4.98 Å². The number of halogens is 1. The summed E-state index contributed by atoms with van der Waals surface area (Å²) in [6, 6.07) is 1.90. The maximum Gasteiger partial charge on any atom is 0.373 e. The van der Waals surface area contributed by atoms with E-state index >= 15 is 0 Å². The molecule has 0 aliphatic rings. The first-order chi connectivity index (χ1) is 7.08. The third kappa shape index (κ3) is 2.05. The van der Waals surface area contributed by atoms with Gasteiger partial charge >= 0.3 is 5.97 Å².